The third kappa shape index (κ3) is 0.636. The summed E-state index contributed by atoms with van der Waals surface area (Å²) in [4.78, 5) is 0. The molecule has 2 nitrogen and oxygen atoms in total. The first-order chi connectivity index (χ1) is 5.92. The monoisotopic (exact) mass is 162 g/mol. The van der Waals surface area contributed by atoms with Crippen LogP contribution in [0.15, 0.2) is 24.3 Å². The third-order valence-electron chi connectivity index (χ3n) is 2.85. The normalized spacial score (nSPS) is 35.2. The molecule has 0 spiro atoms. The molecule has 1 N–H and O–H groups in total. The molecule has 2 heteroatoms. The Kier molecular flexibility index (Phi) is 1.09. The van der Waals surface area contributed by atoms with Crippen LogP contribution >= 0.6 is 0 Å². The van der Waals surface area contributed by atoms with Crippen molar-refractivity contribution in [2.45, 2.75) is 12.0 Å². The second-order valence-electron chi connectivity index (χ2n) is 3.49. The molecule has 12 heavy (non-hydrogen) atoms. The Labute approximate surface area is 70.8 Å². The van der Waals surface area contributed by atoms with Crippen LogP contribution in [0.4, 0.5) is 0 Å². The molecule has 0 aromatic heterocycles. The molecule has 62 valence electrons. The zero-order chi connectivity index (χ0) is 8.13. The number of benzene rings is 1. The maximum Gasteiger partial charge on any atom is 0.123 e. The second-order valence-corrected chi connectivity index (χ2v) is 3.49. The molecule has 1 saturated carbocycles. The van der Waals surface area contributed by atoms with E-state index in [0.29, 0.717) is 11.8 Å². The van der Waals surface area contributed by atoms with Gasteiger partial charge in [-0.2, -0.15) is 0 Å². The summed E-state index contributed by atoms with van der Waals surface area (Å²) in [6, 6.07) is 8.10. The van der Waals surface area contributed by atoms with Gasteiger partial charge in [0.2, 0.25) is 0 Å². The fourth-order valence-electron chi connectivity index (χ4n) is 2.14. The summed E-state index contributed by atoms with van der Waals surface area (Å²) < 4.78 is 5.62. The topological polar surface area (TPSA) is 29.5 Å². The molecule has 1 aromatic carbocycles. The zero-order valence-electron chi connectivity index (χ0n) is 6.60. The maximum atomic E-state index is 8.96. The molecule has 3 atom stereocenters. The van der Waals surface area contributed by atoms with Gasteiger partial charge in [0, 0.05) is 17.4 Å². The molecule has 1 aliphatic heterocycles. The molecule has 0 bridgehead atoms. The van der Waals surface area contributed by atoms with Crippen LogP contribution in [0.2, 0.25) is 0 Å². The Bertz CT molecular complexity index is 321. The highest BCUT2D eigenvalue weighted by atomic mass is 16.5. The highest BCUT2D eigenvalue weighted by Crippen LogP contribution is 2.57. The average Bonchev–Trinajstić information content (AvgIpc) is 2.68. The molecule has 0 amide bonds. The fraction of sp³-hybridized carbons (Fsp3) is 0.400. The number of hydrogen-bond acceptors (Lipinski definition) is 2. The van der Waals surface area contributed by atoms with Gasteiger partial charge in [0.15, 0.2) is 0 Å². The van der Waals surface area contributed by atoms with Gasteiger partial charge in [-0.25, -0.2) is 0 Å². The van der Waals surface area contributed by atoms with E-state index in [0.717, 1.165) is 5.75 Å². The number of rotatable bonds is 1. The molecule has 0 saturated heterocycles. The fourth-order valence-corrected chi connectivity index (χ4v) is 2.14. The van der Waals surface area contributed by atoms with Gasteiger partial charge >= 0.3 is 0 Å². The summed E-state index contributed by atoms with van der Waals surface area (Å²) in [5.74, 6) is 1.85. The first-order valence-electron chi connectivity index (χ1n) is 4.28. The second kappa shape index (κ2) is 2.02. The van der Waals surface area contributed by atoms with Crippen molar-refractivity contribution in [3.05, 3.63) is 29.8 Å². The SMILES string of the molecule is OCC1[C@H]2c3ccccc3O[C@@H]12. The first-order valence-corrected chi connectivity index (χ1v) is 4.28. The number of ether oxygens (including phenoxy) is 1. The number of para-hydroxylation sites is 1. The van der Waals surface area contributed by atoms with Gasteiger partial charge in [-0.3, -0.25) is 0 Å². The summed E-state index contributed by atoms with van der Waals surface area (Å²) in [6.07, 6.45) is 0.271. The van der Waals surface area contributed by atoms with Crippen LogP contribution in [0.25, 0.3) is 0 Å². The van der Waals surface area contributed by atoms with Crippen LogP contribution < -0.4 is 4.74 Å². The number of hydrogen-bond donors (Lipinski definition) is 1. The summed E-state index contributed by atoms with van der Waals surface area (Å²) in [5.41, 5.74) is 1.28. The quantitative estimate of drug-likeness (QED) is 0.671. The van der Waals surface area contributed by atoms with E-state index in [4.69, 9.17) is 9.84 Å². The van der Waals surface area contributed by atoms with E-state index < -0.39 is 0 Å². The highest BCUT2D eigenvalue weighted by Gasteiger charge is 2.57. The van der Waals surface area contributed by atoms with Crippen LogP contribution in [-0.4, -0.2) is 17.8 Å². The Hall–Kier alpha value is -1.02. The van der Waals surface area contributed by atoms with Gasteiger partial charge in [0.05, 0.1) is 6.61 Å². The molecular formula is C10H10O2. The molecule has 3 rings (SSSR count). The molecular weight excluding hydrogens is 152 g/mol. The maximum absolute atomic E-state index is 8.96. The minimum Gasteiger partial charge on any atom is -0.489 e. The van der Waals surface area contributed by atoms with E-state index >= 15 is 0 Å². The van der Waals surface area contributed by atoms with Crippen LogP contribution in [0.3, 0.4) is 0 Å². The van der Waals surface area contributed by atoms with Gasteiger partial charge in [0.1, 0.15) is 11.9 Å². The molecule has 1 heterocycles. The van der Waals surface area contributed by atoms with E-state index in [-0.39, 0.29) is 12.7 Å². The molecule has 1 aliphatic carbocycles. The lowest BCUT2D eigenvalue weighted by atomic mass is 10.1. The van der Waals surface area contributed by atoms with E-state index in [1.807, 2.05) is 18.2 Å². The van der Waals surface area contributed by atoms with Crippen molar-refractivity contribution in [3.8, 4) is 5.75 Å². The van der Waals surface area contributed by atoms with Crippen LogP contribution in [-0.2, 0) is 0 Å². The number of aliphatic hydroxyl groups is 1. The van der Waals surface area contributed by atoms with E-state index in [9.17, 15) is 0 Å². The van der Waals surface area contributed by atoms with Gasteiger partial charge in [-0.15, -0.1) is 0 Å². The molecule has 1 aromatic rings. The van der Waals surface area contributed by atoms with E-state index in [1.54, 1.807) is 0 Å². The Morgan fingerprint density at radius 1 is 1.33 bits per heavy atom. The Morgan fingerprint density at radius 2 is 2.17 bits per heavy atom. The van der Waals surface area contributed by atoms with Crippen LogP contribution in [0.5, 0.6) is 5.75 Å². The summed E-state index contributed by atoms with van der Waals surface area (Å²) in [5, 5.41) is 8.96. The smallest absolute Gasteiger partial charge is 0.123 e. The van der Waals surface area contributed by atoms with Crippen molar-refractivity contribution in [3.63, 3.8) is 0 Å². The predicted molar refractivity (Wildman–Crippen MR) is 44.2 cm³/mol. The van der Waals surface area contributed by atoms with Crippen molar-refractivity contribution >= 4 is 0 Å². The zero-order valence-corrected chi connectivity index (χ0v) is 6.60. The molecule has 2 aliphatic rings. The largest absolute Gasteiger partial charge is 0.489 e. The van der Waals surface area contributed by atoms with E-state index in [2.05, 4.69) is 6.07 Å². The Balaban J connectivity index is 2.00. The molecule has 0 radical (unpaired) electrons. The van der Waals surface area contributed by atoms with Gasteiger partial charge in [-0.05, 0) is 6.07 Å². The molecule has 1 fully saturated rings. The standard InChI is InChI=1S/C10H10O2/c11-5-7-9-6-3-1-2-4-8(6)12-10(7)9/h1-4,7,9-11H,5H2/t7?,9-,10+/m1/s1. The van der Waals surface area contributed by atoms with Crippen molar-refractivity contribution in [2.24, 2.45) is 5.92 Å². The van der Waals surface area contributed by atoms with Crippen LogP contribution in [0.1, 0.15) is 11.5 Å². The highest BCUT2D eigenvalue weighted by molar-refractivity contribution is 5.47. The lowest BCUT2D eigenvalue weighted by Crippen LogP contribution is -2.01. The number of aliphatic hydroxyl groups excluding tert-OH is 1. The lowest BCUT2D eigenvalue weighted by molar-refractivity contribution is 0.224. The summed E-state index contributed by atoms with van der Waals surface area (Å²) in [6.45, 7) is 0.254. The minimum absolute atomic E-state index is 0.254. The van der Waals surface area contributed by atoms with Gasteiger partial charge in [-0.1, -0.05) is 18.2 Å². The van der Waals surface area contributed by atoms with Crippen molar-refractivity contribution < 1.29 is 9.84 Å². The van der Waals surface area contributed by atoms with Gasteiger partial charge < -0.3 is 9.84 Å². The predicted octanol–water partition coefficient (Wildman–Crippen LogP) is 1.15. The molecule has 1 unspecified atom stereocenters. The Morgan fingerprint density at radius 3 is 3.00 bits per heavy atom. The van der Waals surface area contributed by atoms with Crippen LogP contribution in [0, 0.1) is 5.92 Å². The van der Waals surface area contributed by atoms with Crippen molar-refractivity contribution in [1.82, 2.24) is 0 Å². The lowest BCUT2D eigenvalue weighted by Gasteiger charge is -2.04. The van der Waals surface area contributed by atoms with E-state index in [1.165, 1.54) is 5.56 Å². The van der Waals surface area contributed by atoms with Gasteiger partial charge in [0.25, 0.3) is 0 Å². The minimum atomic E-state index is 0.254. The average molecular weight is 162 g/mol. The van der Waals surface area contributed by atoms with Crippen molar-refractivity contribution in [1.29, 1.82) is 0 Å². The number of fused-ring (bicyclic) bond motifs is 3. The first kappa shape index (κ1) is 6.49. The summed E-state index contributed by atoms with van der Waals surface area (Å²) >= 11 is 0. The van der Waals surface area contributed by atoms with Crippen molar-refractivity contribution in [2.75, 3.05) is 6.61 Å². The third-order valence-corrected chi connectivity index (χ3v) is 2.85. The summed E-state index contributed by atoms with van der Waals surface area (Å²) in [7, 11) is 0.